The van der Waals surface area contributed by atoms with Crippen LogP contribution in [0, 0.1) is 5.82 Å². The first-order valence-corrected chi connectivity index (χ1v) is 10.8. The number of nitrogens with zero attached hydrogens (tertiary/aromatic N) is 1. The molecule has 0 spiro atoms. The Morgan fingerprint density at radius 1 is 0.966 bits per heavy atom. The van der Waals surface area contributed by atoms with Crippen LogP contribution in [0.2, 0.25) is 0 Å². The zero-order valence-electron chi connectivity index (χ0n) is 16.5. The summed E-state index contributed by atoms with van der Waals surface area (Å²) in [6.07, 6.45) is 2.92. The van der Waals surface area contributed by atoms with Crippen molar-refractivity contribution in [2.45, 2.75) is 36.8 Å². The lowest BCUT2D eigenvalue weighted by Gasteiger charge is -2.19. The minimum absolute atomic E-state index is 0.0334. The van der Waals surface area contributed by atoms with Gasteiger partial charge in [-0.2, -0.15) is 0 Å². The first kappa shape index (κ1) is 20.9. The van der Waals surface area contributed by atoms with E-state index in [1.807, 2.05) is 20.8 Å². The van der Waals surface area contributed by atoms with Gasteiger partial charge in [-0.15, -0.1) is 0 Å². The van der Waals surface area contributed by atoms with Gasteiger partial charge in [-0.25, -0.2) is 12.8 Å². The second-order valence-corrected chi connectivity index (χ2v) is 9.89. The van der Waals surface area contributed by atoms with Crippen LogP contribution < -0.4 is 0 Å². The van der Waals surface area contributed by atoms with Crippen molar-refractivity contribution in [1.82, 2.24) is 4.98 Å². The molecule has 1 heterocycles. The van der Waals surface area contributed by atoms with Crippen molar-refractivity contribution in [2.24, 2.45) is 0 Å². The molecule has 2 aromatic carbocycles. The Labute approximate surface area is 170 Å². The molecule has 150 valence electrons. The number of sulfone groups is 1. The van der Waals surface area contributed by atoms with E-state index >= 15 is 0 Å². The van der Waals surface area contributed by atoms with Crippen molar-refractivity contribution in [1.29, 1.82) is 0 Å². The van der Waals surface area contributed by atoms with Gasteiger partial charge in [-0.1, -0.05) is 39.0 Å². The molecule has 0 atom stereocenters. The van der Waals surface area contributed by atoms with Crippen LogP contribution in [0.3, 0.4) is 0 Å². The fourth-order valence-corrected chi connectivity index (χ4v) is 4.37. The number of rotatable bonds is 5. The van der Waals surface area contributed by atoms with Gasteiger partial charge in [0, 0.05) is 23.5 Å². The van der Waals surface area contributed by atoms with Crippen molar-refractivity contribution < 1.29 is 17.6 Å². The van der Waals surface area contributed by atoms with Crippen LogP contribution in [-0.2, 0) is 21.0 Å². The van der Waals surface area contributed by atoms with Crippen molar-refractivity contribution >= 4 is 15.6 Å². The predicted octanol–water partition coefficient (Wildman–Crippen LogP) is 4.72. The van der Waals surface area contributed by atoms with E-state index in [0.717, 1.165) is 17.7 Å². The highest BCUT2D eigenvalue weighted by Gasteiger charge is 2.22. The molecule has 0 aliphatic carbocycles. The van der Waals surface area contributed by atoms with Crippen LogP contribution in [0.25, 0.3) is 0 Å². The predicted molar refractivity (Wildman–Crippen MR) is 110 cm³/mol. The van der Waals surface area contributed by atoms with Crippen LogP contribution >= 0.6 is 0 Å². The number of hydrogen-bond acceptors (Lipinski definition) is 4. The molecule has 1 aromatic heterocycles. The van der Waals surface area contributed by atoms with Crippen LogP contribution in [0.4, 0.5) is 4.39 Å². The van der Waals surface area contributed by atoms with Crippen LogP contribution in [0.15, 0.2) is 71.9 Å². The molecule has 3 rings (SSSR count). The largest absolute Gasteiger partial charge is 0.289 e. The Kier molecular flexibility index (Phi) is 5.66. The quantitative estimate of drug-likeness (QED) is 0.570. The van der Waals surface area contributed by atoms with E-state index in [1.165, 1.54) is 30.6 Å². The van der Waals surface area contributed by atoms with Gasteiger partial charge in [-0.05, 0) is 52.9 Å². The van der Waals surface area contributed by atoms with Gasteiger partial charge in [-0.3, -0.25) is 9.78 Å². The second kappa shape index (κ2) is 7.87. The Bertz CT molecular complexity index is 1130. The molecule has 29 heavy (non-hydrogen) atoms. The van der Waals surface area contributed by atoms with E-state index in [4.69, 9.17) is 0 Å². The molecule has 0 radical (unpaired) electrons. The maximum atomic E-state index is 13.8. The Balaban J connectivity index is 1.96. The topological polar surface area (TPSA) is 64.1 Å². The Hall–Kier alpha value is -2.86. The third-order valence-corrected chi connectivity index (χ3v) is 6.37. The van der Waals surface area contributed by atoms with E-state index in [2.05, 4.69) is 4.98 Å². The number of hydrogen-bond donors (Lipinski definition) is 0. The van der Waals surface area contributed by atoms with Gasteiger partial charge in [0.05, 0.1) is 10.6 Å². The number of carbonyl (C=O) groups excluding carboxylic acids is 1. The molecule has 0 bridgehead atoms. The molecule has 0 fully saturated rings. The molecular formula is C23H22FNO3S. The molecular weight excluding hydrogens is 389 g/mol. The highest BCUT2D eigenvalue weighted by Crippen LogP contribution is 2.26. The highest BCUT2D eigenvalue weighted by molar-refractivity contribution is 7.90. The molecule has 6 heteroatoms. The standard InChI is InChI=1S/C23H22FNO3S/c1-23(2,3)18-5-8-20(9-6-18)29(27,28)15-17-4-7-19(24)14-21(17)22(26)16-10-12-25-13-11-16/h4-14H,15H2,1-3H3. The molecule has 0 saturated heterocycles. The van der Waals surface area contributed by atoms with Crippen molar-refractivity contribution in [2.75, 3.05) is 0 Å². The van der Waals surface area contributed by atoms with Gasteiger partial charge >= 0.3 is 0 Å². The van der Waals surface area contributed by atoms with Gasteiger partial charge in [0.2, 0.25) is 0 Å². The number of aromatic nitrogens is 1. The monoisotopic (exact) mass is 411 g/mol. The minimum atomic E-state index is -3.71. The summed E-state index contributed by atoms with van der Waals surface area (Å²) in [6.45, 7) is 6.14. The summed E-state index contributed by atoms with van der Waals surface area (Å²) in [4.78, 5) is 16.8. The lowest BCUT2D eigenvalue weighted by atomic mass is 9.87. The van der Waals surface area contributed by atoms with E-state index in [0.29, 0.717) is 5.56 Å². The normalized spacial score (nSPS) is 12.0. The number of ketones is 1. The van der Waals surface area contributed by atoms with E-state index < -0.39 is 27.2 Å². The summed E-state index contributed by atoms with van der Waals surface area (Å²) in [5, 5.41) is 0. The number of halogens is 1. The maximum Gasteiger partial charge on any atom is 0.193 e. The Morgan fingerprint density at radius 3 is 2.17 bits per heavy atom. The highest BCUT2D eigenvalue weighted by atomic mass is 32.2. The van der Waals surface area contributed by atoms with E-state index in [-0.39, 0.29) is 21.4 Å². The zero-order chi connectivity index (χ0) is 21.2. The van der Waals surface area contributed by atoms with Gasteiger partial charge < -0.3 is 0 Å². The van der Waals surface area contributed by atoms with Crippen molar-refractivity contribution in [3.05, 3.63) is 95.1 Å². The van der Waals surface area contributed by atoms with Crippen molar-refractivity contribution in [3.63, 3.8) is 0 Å². The van der Waals surface area contributed by atoms with Crippen LogP contribution in [0.1, 0.15) is 47.8 Å². The Morgan fingerprint density at radius 2 is 1.59 bits per heavy atom. The first-order chi connectivity index (χ1) is 13.6. The molecule has 3 aromatic rings. The summed E-state index contributed by atoms with van der Waals surface area (Å²) in [5.74, 6) is -1.44. The van der Waals surface area contributed by atoms with Crippen molar-refractivity contribution in [3.8, 4) is 0 Å². The van der Waals surface area contributed by atoms with Gasteiger partial charge in [0.15, 0.2) is 15.6 Å². The van der Waals surface area contributed by atoms with Gasteiger partial charge in [0.1, 0.15) is 5.82 Å². The summed E-state index contributed by atoms with van der Waals surface area (Å²) in [5.41, 5.74) is 1.54. The lowest BCUT2D eigenvalue weighted by Crippen LogP contribution is -2.13. The summed E-state index contributed by atoms with van der Waals surface area (Å²) in [6, 6.07) is 13.3. The van der Waals surface area contributed by atoms with Gasteiger partial charge in [0.25, 0.3) is 0 Å². The fraction of sp³-hybridized carbons (Fsp3) is 0.217. The number of pyridine rings is 1. The average Bonchev–Trinajstić information content (AvgIpc) is 2.69. The third kappa shape index (κ3) is 4.77. The molecule has 0 unspecified atom stereocenters. The minimum Gasteiger partial charge on any atom is -0.289 e. The average molecular weight is 411 g/mol. The summed E-state index contributed by atoms with van der Waals surface area (Å²) in [7, 11) is -3.71. The zero-order valence-corrected chi connectivity index (χ0v) is 17.3. The summed E-state index contributed by atoms with van der Waals surface area (Å²) >= 11 is 0. The lowest BCUT2D eigenvalue weighted by molar-refractivity contribution is 0.103. The fourth-order valence-electron chi connectivity index (χ4n) is 3.00. The molecule has 0 aliphatic rings. The number of carbonyl (C=O) groups is 1. The van der Waals surface area contributed by atoms with Crippen LogP contribution in [0.5, 0.6) is 0 Å². The first-order valence-electron chi connectivity index (χ1n) is 9.14. The molecule has 0 saturated carbocycles. The summed E-state index contributed by atoms with van der Waals surface area (Å²) < 4.78 is 39.7. The smallest absolute Gasteiger partial charge is 0.193 e. The SMILES string of the molecule is CC(C)(C)c1ccc(S(=O)(=O)Cc2ccc(F)cc2C(=O)c2ccncc2)cc1. The van der Waals surface area contributed by atoms with Crippen LogP contribution in [-0.4, -0.2) is 19.2 Å². The number of benzene rings is 2. The maximum absolute atomic E-state index is 13.8. The molecule has 0 aliphatic heterocycles. The molecule has 0 amide bonds. The molecule has 4 nitrogen and oxygen atoms in total. The second-order valence-electron chi connectivity index (χ2n) is 7.90. The van der Waals surface area contributed by atoms with E-state index in [1.54, 1.807) is 24.3 Å². The molecule has 0 N–H and O–H groups in total. The third-order valence-electron chi connectivity index (χ3n) is 4.68. The van der Waals surface area contributed by atoms with E-state index in [9.17, 15) is 17.6 Å².